The third-order valence-electron chi connectivity index (χ3n) is 15.8. The van der Waals surface area contributed by atoms with E-state index in [0.717, 1.165) is 12.0 Å². The third-order valence-corrected chi connectivity index (χ3v) is 15.8. The Kier molecular flexibility index (Phi) is 17.0. The molecule has 8 rings (SSSR count). The van der Waals surface area contributed by atoms with E-state index in [1.54, 1.807) is 40.2 Å². The summed E-state index contributed by atoms with van der Waals surface area (Å²) in [5.41, 5.74) is -0.0699. The Morgan fingerprint density at radius 2 is 1.59 bits per heavy atom. The number of aliphatic hydroxyl groups excluding tert-OH is 1. The molecule has 7 aliphatic rings. The van der Waals surface area contributed by atoms with Crippen molar-refractivity contribution in [3.05, 3.63) is 94.9 Å². The van der Waals surface area contributed by atoms with Crippen LogP contribution < -0.4 is 0 Å². The number of rotatable bonds is 10. The van der Waals surface area contributed by atoms with Crippen LogP contribution in [0.25, 0.3) is 0 Å². The molecule has 0 aromatic heterocycles. The van der Waals surface area contributed by atoms with Gasteiger partial charge in [-0.15, -0.1) is 0 Å². The van der Waals surface area contributed by atoms with E-state index in [4.69, 9.17) is 52.1 Å². The monoisotopic (exact) mass is 995 g/mol. The van der Waals surface area contributed by atoms with E-state index in [1.807, 2.05) is 39.0 Å². The summed E-state index contributed by atoms with van der Waals surface area (Å²) in [5.74, 6) is -4.23. The van der Waals surface area contributed by atoms with Gasteiger partial charge in [0.2, 0.25) is 0 Å². The standard InChI is InChI=1S/C55H75FO15/c1-11-29(2)48-32(5)21-22-54(71-48)27-40-24-39(70-54)20-15-31(4)47(67-45-26-43(62-10)50(35(8)65-45)68-44-25-42(61-9)46(57)34(7)64-44)30(3)13-12-14-37-28-63-51-49(69-52(58)36-16-18-38(56)19-17-36)33(6)23-41(53(59)66-40)55(37,51)60/h12-19,21-23,29-30,32,34-35,39-51,57,60H,11,20,24-28H2,1-10H3/b13-12+,31-15+,37-14+/t29-,30-,32-,34-,35-,39+,40-,41-,42-,43-,44-,45-,46-,47-,48+,49+,50-,51+,54+,55+/m0/s1. The molecule has 392 valence electrons. The molecule has 1 aromatic rings. The van der Waals surface area contributed by atoms with Crippen LogP contribution in [0.1, 0.15) is 104 Å². The van der Waals surface area contributed by atoms with Crippen molar-refractivity contribution in [1.29, 1.82) is 0 Å². The van der Waals surface area contributed by atoms with Gasteiger partial charge in [0.1, 0.15) is 41.8 Å². The van der Waals surface area contributed by atoms with E-state index in [0.29, 0.717) is 36.8 Å². The quantitative estimate of drug-likeness (QED) is 0.175. The fourth-order valence-corrected chi connectivity index (χ4v) is 11.5. The van der Waals surface area contributed by atoms with Crippen LogP contribution >= 0.6 is 0 Å². The van der Waals surface area contributed by atoms with E-state index < -0.39 is 115 Å². The van der Waals surface area contributed by atoms with Crippen molar-refractivity contribution in [1.82, 2.24) is 0 Å². The van der Waals surface area contributed by atoms with Crippen LogP contribution in [0.5, 0.6) is 0 Å². The van der Waals surface area contributed by atoms with E-state index in [9.17, 15) is 24.2 Å². The van der Waals surface area contributed by atoms with E-state index in [2.05, 4.69) is 32.9 Å². The molecule has 2 N–H and O–H groups in total. The maximum atomic E-state index is 14.8. The summed E-state index contributed by atoms with van der Waals surface area (Å²) in [6.07, 6.45) is 7.47. The van der Waals surface area contributed by atoms with Gasteiger partial charge in [-0.3, -0.25) is 4.79 Å². The molecule has 2 bridgehead atoms. The summed E-state index contributed by atoms with van der Waals surface area (Å²) in [6.45, 7) is 15.8. The average Bonchev–Trinajstić information content (AvgIpc) is 3.68. The van der Waals surface area contributed by atoms with Crippen LogP contribution in [0, 0.1) is 29.5 Å². The first kappa shape index (κ1) is 53.6. The number of halogens is 1. The maximum absolute atomic E-state index is 14.8. The molecule has 1 aliphatic carbocycles. The Morgan fingerprint density at radius 1 is 0.887 bits per heavy atom. The molecule has 4 saturated heterocycles. The fraction of sp³-hybridized carbons (Fsp3) is 0.673. The molecule has 1 spiro atoms. The summed E-state index contributed by atoms with van der Waals surface area (Å²) in [6, 6.07) is 4.99. The Morgan fingerprint density at radius 3 is 2.31 bits per heavy atom. The number of aliphatic hydroxyl groups is 2. The first-order valence-corrected chi connectivity index (χ1v) is 25.5. The van der Waals surface area contributed by atoms with Crippen molar-refractivity contribution in [2.45, 2.75) is 191 Å². The highest BCUT2D eigenvalue weighted by Gasteiger charge is 2.61. The summed E-state index contributed by atoms with van der Waals surface area (Å²) in [4.78, 5) is 28.3. The highest BCUT2D eigenvalue weighted by molar-refractivity contribution is 5.89. The highest BCUT2D eigenvalue weighted by atomic mass is 19.1. The number of hydrogen-bond donors (Lipinski definition) is 2. The van der Waals surface area contributed by atoms with Crippen LogP contribution in [0.15, 0.2) is 83.5 Å². The summed E-state index contributed by atoms with van der Waals surface area (Å²) in [5, 5.41) is 23.6. The van der Waals surface area contributed by atoms with Crippen molar-refractivity contribution in [2.75, 3.05) is 20.8 Å². The predicted octanol–water partition coefficient (Wildman–Crippen LogP) is 7.38. The Hall–Kier alpha value is -3.65. The van der Waals surface area contributed by atoms with E-state index >= 15 is 0 Å². The molecule has 0 saturated carbocycles. The van der Waals surface area contributed by atoms with Crippen molar-refractivity contribution in [3.8, 4) is 0 Å². The van der Waals surface area contributed by atoms with Gasteiger partial charge in [0, 0.05) is 51.7 Å². The largest absolute Gasteiger partial charge is 0.462 e. The number of methoxy groups -OCH3 is 2. The lowest BCUT2D eigenvalue weighted by Crippen LogP contribution is -2.59. The van der Waals surface area contributed by atoms with Gasteiger partial charge < -0.3 is 62.3 Å². The molecule has 0 radical (unpaired) electrons. The van der Waals surface area contributed by atoms with Gasteiger partial charge >= 0.3 is 11.9 Å². The topological polar surface area (TPSA) is 176 Å². The summed E-state index contributed by atoms with van der Waals surface area (Å²) >= 11 is 0. The number of carbonyl (C=O) groups excluding carboxylic acids is 2. The normalized spacial score (nSPS) is 44.3. The zero-order valence-corrected chi connectivity index (χ0v) is 42.8. The van der Waals surface area contributed by atoms with E-state index in [-0.39, 0.29) is 42.4 Å². The number of ether oxygens (including phenoxy) is 11. The van der Waals surface area contributed by atoms with Gasteiger partial charge in [-0.2, -0.15) is 0 Å². The Labute approximate surface area is 417 Å². The zero-order chi connectivity index (χ0) is 50.9. The first-order valence-electron chi connectivity index (χ1n) is 25.5. The molecule has 20 atom stereocenters. The van der Waals surface area contributed by atoms with Gasteiger partial charge in [0.15, 0.2) is 24.5 Å². The van der Waals surface area contributed by atoms with Crippen molar-refractivity contribution in [2.24, 2.45) is 23.7 Å². The molecule has 16 heteroatoms. The van der Waals surface area contributed by atoms with Gasteiger partial charge in [-0.25, -0.2) is 9.18 Å². The number of allylic oxidation sites excluding steroid dienone is 2. The molecule has 0 amide bonds. The minimum Gasteiger partial charge on any atom is -0.462 e. The van der Waals surface area contributed by atoms with Crippen LogP contribution in [-0.2, 0) is 56.9 Å². The maximum Gasteiger partial charge on any atom is 0.338 e. The number of esters is 2. The van der Waals surface area contributed by atoms with Crippen molar-refractivity contribution >= 4 is 11.9 Å². The van der Waals surface area contributed by atoms with Crippen LogP contribution in [-0.4, -0.2) is 140 Å². The second kappa shape index (κ2) is 22.4. The van der Waals surface area contributed by atoms with Crippen molar-refractivity contribution in [3.63, 3.8) is 0 Å². The molecule has 4 fully saturated rings. The lowest BCUT2D eigenvalue weighted by Gasteiger charge is -2.48. The number of carbonyl (C=O) groups is 2. The minimum absolute atomic E-state index is 0.0719. The first-order chi connectivity index (χ1) is 33.9. The lowest BCUT2D eigenvalue weighted by molar-refractivity contribution is -0.318. The summed E-state index contributed by atoms with van der Waals surface area (Å²) in [7, 11) is 3.19. The third kappa shape index (κ3) is 11.4. The summed E-state index contributed by atoms with van der Waals surface area (Å²) < 4.78 is 84.1. The van der Waals surface area contributed by atoms with Crippen molar-refractivity contribution < 1.29 is 76.3 Å². The number of benzene rings is 1. The fourth-order valence-electron chi connectivity index (χ4n) is 11.5. The highest BCUT2D eigenvalue weighted by Crippen LogP contribution is 2.48. The van der Waals surface area contributed by atoms with Gasteiger partial charge in [-0.05, 0) is 87.1 Å². The second-order valence-corrected chi connectivity index (χ2v) is 20.8. The lowest BCUT2D eigenvalue weighted by atomic mass is 9.70. The molecule has 15 nitrogen and oxygen atoms in total. The average molecular weight is 995 g/mol. The van der Waals surface area contributed by atoms with Crippen LogP contribution in [0.2, 0.25) is 0 Å². The van der Waals surface area contributed by atoms with Gasteiger partial charge in [-0.1, -0.05) is 70.6 Å². The number of hydrogen-bond acceptors (Lipinski definition) is 15. The molecule has 6 heterocycles. The molecule has 1 aromatic carbocycles. The van der Waals surface area contributed by atoms with Gasteiger partial charge in [0.05, 0.1) is 54.9 Å². The van der Waals surface area contributed by atoms with Crippen LogP contribution in [0.4, 0.5) is 4.39 Å². The number of fused-ring (bicyclic) bond motifs is 2. The Bertz CT molecular complexity index is 2190. The molecule has 71 heavy (non-hydrogen) atoms. The molecule has 6 aliphatic heterocycles. The minimum atomic E-state index is -1.99. The Balaban J connectivity index is 1.11. The molecular formula is C55H75FO15. The zero-order valence-electron chi connectivity index (χ0n) is 42.8. The van der Waals surface area contributed by atoms with Gasteiger partial charge in [0.25, 0.3) is 0 Å². The molecule has 0 unspecified atom stereocenters. The predicted molar refractivity (Wildman–Crippen MR) is 257 cm³/mol. The van der Waals surface area contributed by atoms with Crippen LogP contribution in [0.3, 0.4) is 0 Å². The second-order valence-electron chi connectivity index (χ2n) is 20.8. The molecular weight excluding hydrogens is 920 g/mol. The SMILES string of the molecule is CC[C@H](C)[C@H]1O[C@]2(C=C[C@@H]1C)C[C@@H]1C[C@@H](C/C=C(\C)[C@@H](O[C@H]3C[C@H](OC)[C@@H](O[C@H]4C[C@H](OC)[C@@H](O)[C@H](C)O4)[C@H](C)O3)[C@@H](C)/C=C/C=C3\CO[C@@H]4[C@H](OC(=O)c5ccc(F)cc5)C(C)=C[C@@H](C(=O)O1)[C@]34O)O2. The van der Waals surface area contributed by atoms with E-state index in [1.165, 1.54) is 24.3 Å². The smallest absolute Gasteiger partial charge is 0.338 e.